The highest BCUT2D eigenvalue weighted by Gasteiger charge is 2.37. The van der Waals surface area contributed by atoms with Crippen LogP contribution in [0.15, 0.2) is 10.9 Å². The average molecular weight is 449 g/mol. The SMILES string of the molecule is CC.CC.CN1CC(c2ncno2)Cn2nc3c(c2C1=O)CN(C(=O)OC(C)(C)C)CC3. The fourth-order valence-electron chi connectivity index (χ4n) is 3.66. The van der Waals surface area contributed by atoms with E-state index < -0.39 is 5.60 Å². The van der Waals surface area contributed by atoms with Crippen molar-refractivity contribution in [1.29, 1.82) is 0 Å². The molecule has 10 heteroatoms. The lowest BCUT2D eigenvalue weighted by molar-refractivity contribution is 0.0222. The maximum absolute atomic E-state index is 13.1. The number of ether oxygens (including phenoxy) is 1. The molecule has 2 aromatic heterocycles. The molecular formula is C22H36N6O4. The van der Waals surface area contributed by atoms with Gasteiger partial charge in [-0.05, 0) is 20.8 Å². The average Bonchev–Trinajstić information content (AvgIpc) is 3.39. The summed E-state index contributed by atoms with van der Waals surface area (Å²) in [5.41, 5.74) is 1.59. The number of amides is 2. The summed E-state index contributed by atoms with van der Waals surface area (Å²) in [6.45, 7) is 15.2. The van der Waals surface area contributed by atoms with E-state index in [4.69, 9.17) is 9.26 Å². The molecule has 0 saturated heterocycles. The number of likely N-dealkylation sites (N-methyl/N-ethyl adjacent to an activating group) is 1. The van der Waals surface area contributed by atoms with Crippen molar-refractivity contribution in [1.82, 2.24) is 29.7 Å². The fraction of sp³-hybridized carbons (Fsp3) is 0.682. The number of aromatic nitrogens is 4. The maximum atomic E-state index is 13.1. The molecule has 0 aliphatic carbocycles. The standard InChI is InChI=1S/C18H24N6O4.2C2H6/c1-18(2,3)27-17(26)23-6-5-13-12(9-23)14-16(25)22(4)7-11(8-24(14)21-13)15-19-10-20-28-15;2*1-2/h10-11H,5-9H2,1-4H3;2*1-2H3. The third-order valence-corrected chi connectivity index (χ3v) is 4.92. The zero-order chi connectivity index (χ0) is 24.1. The van der Waals surface area contributed by atoms with E-state index in [0.29, 0.717) is 44.2 Å². The molecule has 1 unspecified atom stereocenters. The van der Waals surface area contributed by atoms with Crippen LogP contribution in [0.1, 0.15) is 82.0 Å². The monoisotopic (exact) mass is 448 g/mol. The molecule has 178 valence electrons. The highest BCUT2D eigenvalue weighted by molar-refractivity contribution is 5.94. The Morgan fingerprint density at radius 3 is 2.47 bits per heavy atom. The van der Waals surface area contributed by atoms with E-state index in [-0.39, 0.29) is 17.9 Å². The van der Waals surface area contributed by atoms with Crippen LogP contribution in [0.25, 0.3) is 0 Å². The summed E-state index contributed by atoms with van der Waals surface area (Å²) < 4.78 is 12.4. The topological polar surface area (TPSA) is 107 Å². The number of fused-ring (bicyclic) bond motifs is 3. The van der Waals surface area contributed by atoms with E-state index in [9.17, 15) is 9.59 Å². The van der Waals surface area contributed by atoms with Crippen LogP contribution in [0, 0.1) is 0 Å². The number of hydrogen-bond acceptors (Lipinski definition) is 7. The molecule has 2 aromatic rings. The van der Waals surface area contributed by atoms with Gasteiger partial charge in [-0.2, -0.15) is 10.1 Å². The van der Waals surface area contributed by atoms with E-state index in [1.807, 2.05) is 48.5 Å². The Morgan fingerprint density at radius 2 is 1.88 bits per heavy atom. The molecule has 2 amide bonds. The van der Waals surface area contributed by atoms with Crippen molar-refractivity contribution in [2.45, 2.75) is 79.5 Å². The van der Waals surface area contributed by atoms with Crippen molar-refractivity contribution >= 4 is 12.0 Å². The van der Waals surface area contributed by atoms with Gasteiger partial charge in [0.1, 0.15) is 11.3 Å². The molecule has 0 N–H and O–H groups in total. The van der Waals surface area contributed by atoms with Crippen molar-refractivity contribution in [3.63, 3.8) is 0 Å². The molecule has 1 atom stereocenters. The first-order valence-corrected chi connectivity index (χ1v) is 11.3. The summed E-state index contributed by atoms with van der Waals surface area (Å²) in [7, 11) is 1.75. The lowest BCUT2D eigenvalue weighted by Crippen LogP contribution is -2.40. The zero-order valence-electron chi connectivity index (χ0n) is 20.5. The third-order valence-electron chi connectivity index (χ3n) is 4.92. The van der Waals surface area contributed by atoms with Gasteiger partial charge in [0.15, 0.2) is 6.33 Å². The van der Waals surface area contributed by atoms with Crippen molar-refractivity contribution in [3.05, 3.63) is 29.2 Å². The molecule has 4 heterocycles. The van der Waals surface area contributed by atoms with Crippen LogP contribution in [0.2, 0.25) is 0 Å². The van der Waals surface area contributed by atoms with Gasteiger partial charge >= 0.3 is 6.09 Å². The zero-order valence-corrected chi connectivity index (χ0v) is 20.5. The minimum absolute atomic E-state index is 0.123. The second kappa shape index (κ2) is 10.6. The summed E-state index contributed by atoms with van der Waals surface area (Å²) in [6.07, 6.45) is 1.56. The highest BCUT2D eigenvalue weighted by atomic mass is 16.6. The second-order valence-corrected chi connectivity index (χ2v) is 8.27. The molecule has 0 radical (unpaired) electrons. The van der Waals surface area contributed by atoms with Crippen LogP contribution in [-0.4, -0.2) is 67.5 Å². The van der Waals surface area contributed by atoms with Gasteiger partial charge in [0, 0.05) is 32.1 Å². The van der Waals surface area contributed by atoms with Gasteiger partial charge in [-0.1, -0.05) is 32.9 Å². The lowest BCUT2D eigenvalue weighted by atomic mass is 10.1. The number of nitrogens with zero attached hydrogens (tertiary/aromatic N) is 6. The van der Waals surface area contributed by atoms with Crippen LogP contribution in [0.5, 0.6) is 0 Å². The summed E-state index contributed by atoms with van der Waals surface area (Å²) in [4.78, 5) is 33.0. The van der Waals surface area contributed by atoms with E-state index in [2.05, 4.69) is 15.2 Å². The summed E-state index contributed by atoms with van der Waals surface area (Å²) in [5.74, 6) is 0.221. The van der Waals surface area contributed by atoms with Crippen molar-refractivity contribution in [2.75, 3.05) is 20.1 Å². The fourth-order valence-corrected chi connectivity index (χ4v) is 3.66. The quantitative estimate of drug-likeness (QED) is 0.657. The van der Waals surface area contributed by atoms with Gasteiger partial charge in [0.25, 0.3) is 5.91 Å². The Morgan fingerprint density at radius 1 is 1.19 bits per heavy atom. The van der Waals surface area contributed by atoms with E-state index in [1.165, 1.54) is 6.33 Å². The van der Waals surface area contributed by atoms with Crippen LogP contribution in [0.3, 0.4) is 0 Å². The molecule has 0 aromatic carbocycles. The number of hydrogen-bond donors (Lipinski definition) is 0. The van der Waals surface area contributed by atoms with Gasteiger partial charge < -0.3 is 19.1 Å². The molecule has 0 fully saturated rings. The van der Waals surface area contributed by atoms with E-state index in [0.717, 1.165) is 11.3 Å². The molecular weight excluding hydrogens is 412 g/mol. The van der Waals surface area contributed by atoms with E-state index in [1.54, 1.807) is 21.5 Å². The molecule has 2 aliphatic heterocycles. The number of carbonyl (C=O) groups excluding carboxylic acids is 2. The van der Waals surface area contributed by atoms with Gasteiger partial charge in [-0.3, -0.25) is 9.48 Å². The third kappa shape index (κ3) is 5.46. The number of carbonyl (C=O) groups is 2. The molecule has 0 saturated carbocycles. The first-order valence-electron chi connectivity index (χ1n) is 11.3. The Hall–Kier alpha value is -2.91. The Bertz CT molecular complexity index is 900. The minimum atomic E-state index is -0.569. The minimum Gasteiger partial charge on any atom is -0.444 e. The Balaban J connectivity index is 0.000000860. The van der Waals surface area contributed by atoms with Gasteiger partial charge in [0.05, 0.1) is 24.7 Å². The van der Waals surface area contributed by atoms with Gasteiger partial charge in [-0.25, -0.2) is 4.79 Å². The predicted molar refractivity (Wildman–Crippen MR) is 119 cm³/mol. The molecule has 32 heavy (non-hydrogen) atoms. The summed E-state index contributed by atoms with van der Waals surface area (Å²) in [5, 5.41) is 8.34. The molecule has 2 aliphatic rings. The smallest absolute Gasteiger partial charge is 0.410 e. The first kappa shape index (κ1) is 25.4. The van der Waals surface area contributed by atoms with Gasteiger partial charge in [-0.15, -0.1) is 0 Å². The lowest BCUT2D eigenvalue weighted by Gasteiger charge is -2.30. The highest BCUT2D eigenvalue weighted by Crippen LogP contribution is 2.29. The first-order chi connectivity index (χ1) is 15.2. The van der Waals surface area contributed by atoms with Crippen molar-refractivity contribution in [2.24, 2.45) is 0 Å². The summed E-state index contributed by atoms with van der Waals surface area (Å²) in [6, 6.07) is 0. The van der Waals surface area contributed by atoms with E-state index >= 15 is 0 Å². The molecule has 10 nitrogen and oxygen atoms in total. The largest absolute Gasteiger partial charge is 0.444 e. The second-order valence-electron chi connectivity index (χ2n) is 8.27. The normalized spacial score (nSPS) is 17.8. The molecule has 4 rings (SSSR count). The van der Waals surface area contributed by atoms with Crippen LogP contribution >= 0.6 is 0 Å². The Kier molecular flexibility index (Phi) is 8.40. The van der Waals surface area contributed by atoms with Crippen molar-refractivity contribution < 1.29 is 18.8 Å². The maximum Gasteiger partial charge on any atom is 0.410 e. The molecule has 0 spiro atoms. The van der Waals surface area contributed by atoms with Crippen LogP contribution in [0.4, 0.5) is 4.79 Å². The van der Waals surface area contributed by atoms with Crippen molar-refractivity contribution in [3.8, 4) is 0 Å². The number of rotatable bonds is 1. The molecule has 0 bridgehead atoms. The Labute approximate surface area is 189 Å². The van der Waals surface area contributed by atoms with Crippen LogP contribution in [-0.2, 0) is 24.2 Å². The summed E-state index contributed by atoms with van der Waals surface area (Å²) >= 11 is 0. The van der Waals surface area contributed by atoms with Crippen LogP contribution < -0.4 is 0 Å². The van der Waals surface area contributed by atoms with Gasteiger partial charge in [0.2, 0.25) is 5.89 Å². The predicted octanol–water partition coefficient (Wildman–Crippen LogP) is 3.48.